The lowest BCUT2D eigenvalue weighted by Crippen LogP contribution is -2.41. The van der Waals surface area contributed by atoms with Crippen LogP contribution in [-0.2, 0) is 14.3 Å². The summed E-state index contributed by atoms with van der Waals surface area (Å²) in [5.41, 5.74) is 4.78. The summed E-state index contributed by atoms with van der Waals surface area (Å²) in [5.74, 6) is -0.0557. The summed E-state index contributed by atoms with van der Waals surface area (Å²) in [5, 5.41) is 12.0. The zero-order valence-electron chi connectivity index (χ0n) is 19.1. The molecule has 1 heterocycles. The van der Waals surface area contributed by atoms with Gasteiger partial charge >= 0.3 is 12.1 Å². The molecule has 2 amide bonds. The molecule has 0 aromatic heterocycles. The molecule has 4 rings (SSSR count). The van der Waals surface area contributed by atoms with Gasteiger partial charge in [0.2, 0.25) is 5.91 Å². The summed E-state index contributed by atoms with van der Waals surface area (Å²) in [4.78, 5) is 37.1. The monoisotopic (exact) mass is 482 g/mol. The van der Waals surface area contributed by atoms with E-state index in [1.54, 1.807) is 0 Å². The van der Waals surface area contributed by atoms with E-state index < -0.39 is 18.1 Å². The Bertz CT molecular complexity index is 998. The Hall–Kier alpha value is -3.00. The van der Waals surface area contributed by atoms with Crippen molar-refractivity contribution in [2.75, 3.05) is 24.8 Å². The van der Waals surface area contributed by atoms with Gasteiger partial charge < -0.3 is 20.1 Å². The molecular formula is C26H30N2O5S. The molecule has 0 radical (unpaired) electrons. The van der Waals surface area contributed by atoms with Crippen molar-refractivity contribution in [2.24, 2.45) is 0 Å². The highest BCUT2D eigenvalue weighted by Crippen LogP contribution is 2.44. The fraction of sp³-hybridized carbons (Fsp3) is 0.423. The van der Waals surface area contributed by atoms with Crippen LogP contribution in [0, 0.1) is 0 Å². The molecule has 0 spiro atoms. The third-order valence-electron chi connectivity index (χ3n) is 6.42. The number of fused-ring (bicyclic) bond motifs is 3. The van der Waals surface area contributed by atoms with Crippen LogP contribution in [0.25, 0.3) is 11.1 Å². The van der Waals surface area contributed by atoms with Crippen LogP contribution < -0.4 is 5.32 Å². The van der Waals surface area contributed by atoms with Gasteiger partial charge in [-0.05, 0) is 35.1 Å². The quantitative estimate of drug-likeness (QED) is 0.486. The number of benzene rings is 2. The van der Waals surface area contributed by atoms with Gasteiger partial charge in [-0.1, -0.05) is 61.4 Å². The van der Waals surface area contributed by atoms with Gasteiger partial charge in [-0.25, -0.2) is 9.59 Å². The first-order valence-electron chi connectivity index (χ1n) is 11.7. The Morgan fingerprint density at radius 3 is 2.29 bits per heavy atom. The molecule has 0 saturated carbocycles. The number of carboxylic acid groups (broad SMARTS) is 1. The Kier molecular flexibility index (Phi) is 8.11. The van der Waals surface area contributed by atoms with Crippen LogP contribution >= 0.6 is 11.8 Å². The van der Waals surface area contributed by atoms with Crippen molar-refractivity contribution in [3.8, 4) is 11.1 Å². The Labute approximate surface area is 203 Å². The van der Waals surface area contributed by atoms with E-state index in [4.69, 9.17) is 4.74 Å². The van der Waals surface area contributed by atoms with Crippen molar-refractivity contribution >= 4 is 29.7 Å². The minimum Gasteiger partial charge on any atom is -0.480 e. The zero-order chi connectivity index (χ0) is 23.9. The van der Waals surface area contributed by atoms with Gasteiger partial charge in [-0.2, -0.15) is 0 Å². The van der Waals surface area contributed by atoms with Gasteiger partial charge in [0.05, 0.1) is 5.88 Å². The maximum absolute atomic E-state index is 12.2. The van der Waals surface area contributed by atoms with Gasteiger partial charge in [0, 0.05) is 24.6 Å². The highest BCUT2D eigenvalue weighted by atomic mass is 32.2. The second-order valence-electron chi connectivity index (χ2n) is 8.63. The summed E-state index contributed by atoms with van der Waals surface area (Å²) in [6.45, 7) is 0.822. The molecule has 2 N–H and O–H groups in total. The van der Waals surface area contributed by atoms with Gasteiger partial charge in [0.15, 0.2) is 0 Å². The van der Waals surface area contributed by atoms with Crippen LogP contribution in [-0.4, -0.2) is 58.8 Å². The van der Waals surface area contributed by atoms with E-state index in [1.807, 2.05) is 24.3 Å². The van der Waals surface area contributed by atoms with Crippen molar-refractivity contribution in [3.63, 3.8) is 0 Å². The molecular weight excluding hydrogens is 452 g/mol. The van der Waals surface area contributed by atoms with Crippen molar-refractivity contribution in [1.82, 2.24) is 10.2 Å². The molecule has 1 fully saturated rings. The number of rotatable bonds is 10. The van der Waals surface area contributed by atoms with Crippen molar-refractivity contribution < 1.29 is 24.2 Å². The van der Waals surface area contributed by atoms with Crippen LogP contribution in [0.2, 0.25) is 0 Å². The van der Waals surface area contributed by atoms with Crippen molar-refractivity contribution in [3.05, 3.63) is 59.7 Å². The third kappa shape index (κ3) is 5.55. The summed E-state index contributed by atoms with van der Waals surface area (Å²) in [7, 11) is 0. The molecule has 7 nitrogen and oxygen atoms in total. The van der Waals surface area contributed by atoms with Gasteiger partial charge in [0.25, 0.3) is 0 Å². The van der Waals surface area contributed by atoms with Crippen LogP contribution in [0.4, 0.5) is 4.79 Å². The first-order valence-corrected chi connectivity index (χ1v) is 12.9. The molecule has 0 unspecified atom stereocenters. The number of hydrogen-bond acceptors (Lipinski definition) is 5. The average molecular weight is 483 g/mol. The molecule has 1 aliphatic carbocycles. The van der Waals surface area contributed by atoms with E-state index in [1.165, 1.54) is 38.9 Å². The third-order valence-corrected chi connectivity index (χ3v) is 7.43. The maximum atomic E-state index is 12.2. The van der Waals surface area contributed by atoms with Crippen molar-refractivity contribution in [2.45, 2.75) is 44.1 Å². The number of thioether (sulfide) groups is 1. The number of hydrogen-bond donors (Lipinski definition) is 2. The van der Waals surface area contributed by atoms with E-state index in [2.05, 4.69) is 29.6 Å². The largest absolute Gasteiger partial charge is 0.480 e. The second kappa shape index (κ2) is 11.4. The molecule has 2 aromatic rings. The van der Waals surface area contributed by atoms with Crippen LogP contribution in [0.3, 0.4) is 0 Å². The summed E-state index contributed by atoms with van der Waals surface area (Å²) in [6.07, 6.45) is 3.21. The summed E-state index contributed by atoms with van der Waals surface area (Å²) < 4.78 is 5.54. The number of alkyl carbamates (subject to hydrolysis) is 1. The molecule has 1 aliphatic heterocycles. The molecule has 2 aliphatic rings. The number of nitrogens with zero attached hydrogens (tertiary/aromatic N) is 1. The summed E-state index contributed by atoms with van der Waals surface area (Å²) >= 11 is 1.48. The number of nitrogens with one attached hydrogen (secondary N) is 1. The van der Waals surface area contributed by atoms with Crippen LogP contribution in [0.15, 0.2) is 48.5 Å². The minimum atomic E-state index is -0.933. The average Bonchev–Trinajstić information content (AvgIpc) is 3.46. The predicted octanol–water partition coefficient (Wildman–Crippen LogP) is 4.46. The second-order valence-corrected chi connectivity index (χ2v) is 9.63. The minimum absolute atomic E-state index is 0.0467. The lowest BCUT2D eigenvalue weighted by Gasteiger charge is -2.20. The van der Waals surface area contributed by atoms with Crippen LogP contribution in [0.1, 0.15) is 49.1 Å². The zero-order valence-corrected chi connectivity index (χ0v) is 19.9. The highest BCUT2D eigenvalue weighted by Gasteiger charge is 2.34. The smallest absolute Gasteiger partial charge is 0.407 e. The number of carboxylic acids is 1. The number of carbonyl (C=O) groups excluding carboxylic acids is 2. The first-order chi connectivity index (χ1) is 16.6. The van der Waals surface area contributed by atoms with E-state index in [0.29, 0.717) is 31.2 Å². The van der Waals surface area contributed by atoms with Gasteiger partial charge in [0.1, 0.15) is 12.6 Å². The van der Waals surface area contributed by atoms with E-state index in [0.717, 1.165) is 25.7 Å². The van der Waals surface area contributed by atoms with E-state index in [9.17, 15) is 19.5 Å². The number of amides is 2. The Morgan fingerprint density at radius 2 is 1.62 bits per heavy atom. The van der Waals surface area contributed by atoms with E-state index >= 15 is 0 Å². The normalized spacial score (nSPS) is 16.7. The Balaban J connectivity index is 1.11. The molecule has 1 atom stereocenters. The lowest BCUT2D eigenvalue weighted by molar-refractivity contribution is -0.147. The Morgan fingerprint density at radius 1 is 0.971 bits per heavy atom. The lowest BCUT2D eigenvalue weighted by atomic mass is 9.98. The number of aliphatic carboxylic acids is 1. The van der Waals surface area contributed by atoms with Crippen LogP contribution in [0.5, 0.6) is 0 Å². The summed E-state index contributed by atoms with van der Waals surface area (Å²) in [6, 6.07) is 15.8. The van der Waals surface area contributed by atoms with E-state index in [-0.39, 0.29) is 11.8 Å². The van der Waals surface area contributed by atoms with Gasteiger partial charge in [-0.3, -0.25) is 4.79 Å². The molecule has 0 bridgehead atoms. The topological polar surface area (TPSA) is 95.9 Å². The maximum Gasteiger partial charge on any atom is 0.407 e. The molecule has 1 saturated heterocycles. The predicted molar refractivity (Wildman–Crippen MR) is 132 cm³/mol. The highest BCUT2D eigenvalue weighted by molar-refractivity contribution is 7.99. The number of ether oxygens (including phenoxy) is 1. The molecule has 180 valence electrons. The fourth-order valence-electron chi connectivity index (χ4n) is 4.63. The number of unbranched alkanes of at least 4 members (excludes halogenated alkanes) is 3. The molecule has 2 aromatic carbocycles. The fourth-order valence-corrected chi connectivity index (χ4v) is 5.80. The van der Waals surface area contributed by atoms with Gasteiger partial charge in [-0.15, -0.1) is 11.8 Å². The van der Waals surface area contributed by atoms with Crippen molar-refractivity contribution in [1.29, 1.82) is 0 Å². The first kappa shape index (κ1) is 24.1. The number of carbonyl (C=O) groups is 3. The molecule has 8 heteroatoms. The standard InChI is InChI=1S/C26H30N2O5S/c29-24(28-17-34-16-23(28)25(30)31)13-3-1-2-8-14-27-26(32)33-15-22-20-11-6-4-9-18(20)19-10-5-7-12-21(19)22/h4-7,9-12,22-23H,1-3,8,13-17H2,(H,27,32)(H,30,31)/t23-/m0/s1. The SMILES string of the molecule is O=C(NCCCCCCC(=O)N1CSC[C@H]1C(=O)O)OCC1c2ccccc2-c2ccccc21. The molecule has 34 heavy (non-hydrogen) atoms.